The Bertz CT molecular complexity index is 551. The fourth-order valence-corrected chi connectivity index (χ4v) is 2.53. The zero-order valence-electron chi connectivity index (χ0n) is 12.8. The highest BCUT2D eigenvalue weighted by Crippen LogP contribution is 2.27. The van der Waals surface area contributed by atoms with E-state index in [-0.39, 0.29) is 0 Å². The molecule has 0 aliphatic carbocycles. The number of hydrogen-bond donors (Lipinski definition) is 1. The standard InChI is InChI=1S/C17H25N3/c1-4-11-20(6-3)17-12-14(13-18-5-2)19-16-10-8-7-9-15(16)17/h7-10,12,18H,4-6,11,13H2,1-3H3. The summed E-state index contributed by atoms with van der Waals surface area (Å²) in [6.45, 7) is 10.5. The number of para-hydroxylation sites is 1. The van der Waals surface area contributed by atoms with Crippen molar-refractivity contribution >= 4 is 16.6 Å². The number of benzene rings is 1. The third kappa shape index (κ3) is 3.28. The maximum absolute atomic E-state index is 4.76. The van der Waals surface area contributed by atoms with Crippen molar-refractivity contribution in [1.29, 1.82) is 0 Å². The molecule has 2 rings (SSSR count). The summed E-state index contributed by atoms with van der Waals surface area (Å²) in [5.74, 6) is 0. The minimum Gasteiger partial charge on any atom is -0.371 e. The number of anilines is 1. The third-order valence-corrected chi connectivity index (χ3v) is 3.52. The van der Waals surface area contributed by atoms with Crippen molar-refractivity contribution < 1.29 is 0 Å². The van der Waals surface area contributed by atoms with Crippen LogP contribution < -0.4 is 10.2 Å². The molecule has 1 aromatic heterocycles. The first-order valence-electron chi connectivity index (χ1n) is 7.64. The molecule has 0 aliphatic rings. The number of aromatic nitrogens is 1. The van der Waals surface area contributed by atoms with E-state index in [4.69, 9.17) is 4.98 Å². The smallest absolute Gasteiger partial charge is 0.0726 e. The van der Waals surface area contributed by atoms with Crippen LogP contribution in [-0.2, 0) is 6.54 Å². The molecule has 1 N–H and O–H groups in total. The molecule has 108 valence electrons. The lowest BCUT2D eigenvalue weighted by Crippen LogP contribution is -2.24. The lowest BCUT2D eigenvalue weighted by molar-refractivity contribution is 0.711. The Labute approximate surface area is 122 Å². The zero-order chi connectivity index (χ0) is 14.4. The van der Waals surface area contributed by atoms with E-state index in [0.29, 0.717) is 0 Å². The molecular weight excluding hydrogens is 246 g/mol. The first-order chi connectivity index (χ1) is 9.80. The molecule has 0 bridgehead atoms. The summed E-state index contributed by atoms with van der Waals surface area (Å²) in [5.41, 5.74) is 3.52. The van der Waals surface area contributed by atoms with Crippen LogP contribution in [-0.4, -0.2) is 24.6 Å². The van der Waals surface area contributed by atoms with Gasteiger partial charge < -0.3 is 10.2 Å². The van der Waals surface area contributed by atoms with Gasteiger partial charge in [0.15, 0.2) is 0 Å². The summed E-state index contributed by atoms with van der Waals surface area (Å²) in [6.07, 6.45) is 1.16. The Balaban J connectivity index is 2.47. The van der Waals surface area contributed by atoms with Crippen molar-refractivity contribution in [3.05, 3.63) is 36.0 Å². The maximum Gasteiger partial charge on any atom is 0.0726 e. The quantitative estimate of drug-likeness (QED) is 0.834. The Morgan fingerprint density at radius 2 is 1.95 bits per heavy atom. The van der Waals surface area contributed by atoms with Crippen molar-refractivity contribution in [3.63, 3.8) is 0 Å². The Hall–Kier alpha value is -1.61. The van der Waals surface area contributed by atoms with Crippen molar-refractivity contribution in [2.75, 3.05) is 24.5 Å². The number of nitrogens with one attached hydrogen (secondary N) is 1. The van der Waals surface area contributed by atoms with Crippen LogP contribution in [0.25, 0.3) is 10.9 Å². The van der Waals surface area contributed by atoms with Gasteiger partial charge in [0.05, 0.1) is 11.2 Å². The van der Waals surface area contributed by atoms with Gasteiger partial charge in [-0.3, -0.25) is 4.98 Å². The Morgan fingerprint density at radius 1 is 1.15 bits per heavy atom. The number of fused-ring (bicyclic) bond motifs is 1. The summed E-state index contributed by atoms with van der Waals surface area (Å²) < 4.78 is 0. The largest absolute Gasteiger partial charge is 0.371 e. The van der Waals surface area contributed by atoms with Crippen LogP contribution in [0.4, 0.5) is 5.69 Å². The van der Waals surface area contributed by atoms with E-state index >= 15 is 0 Å². The van der Waals surface area contributed by atoms with Crippen LogP contribution in [0.5, 0.6) is 0 Å². The first kappa shape index (κ1) is 14.8. The molecule has 0 saturated carbocycles. The summed E-state index contributed by atoms with van der Waals surface area (Å²) in [6, 6.07) is 10.7. The highest BCUT2D eigenvalue weighted by atomic mass is 15.1. The highest BCUT2D eigenvalue weighted by molar-refractivity contribution is 5.92. The number of rotatable bonds is 7. The van der Waals surface area contributed by atoms with Crippen molar-refractivity contribution in [1.82, 2.24) is 10.3 Å². The molecule has 0 amide bonds. The fourth-order valence-electron chi connectivity index (χ4n) is 2.53. The Kier molecular flexibility index (Phi) is 5.36. The molecule has 0 spiro atoms. The van der Waals surface area contributed by atoms with Crippen LogP contribution in [0.1, 0.15) is 32.9 Å². The van der Waals surface area contributed by atoms with Crippen LogP contribution >= 0.6 is 0 Å². The molecule has 0 fully saturated rings. The van der Waals surface area contributed by atoms with Gasteiger partial charge in [-0.1, -0.05) is 32.0 Å². The minimum atomic E-state index is 0.831. The van der Waals surface area contributed by atoms with E-state index in [0.717, 1.165) is 43.8 Å². The van der Waals surface area contributed by atoms with Gasteiger partial charge in [0.2, 0.25) is 0 Å². The van der Waals surface area contributed by atoms with E-state index in [1.807, 2.05) is 0 Å². The van der Waals surface area contributed by atoms with E-state index in [9.17, 15) is 0 Å². The topological polar surface area (TPSA) is 28.2 Å². The monoisotopic (exact) mass is 271 g/mol. The summed E-state index contributed by atoms with van der Waals surface area (Å²) in [4.78, 5) is 7.20. The normalized spacial score (nSPS) is 10.9. The fraction of sp³-hybridized carbons (Fsp3) is 0.471. The molecule has 0 aliphatic heterocycles. The van der Waals surface area contributed by atoms with Gasteiger partial charge in [-0.15, -0.1) is 0 Å². The van der Waals surface area contributed by atoms with Gasteiger partial charge in [-0.2, -0.15) is 0 Å². The number of nitrogens with zero attached hydrogens (tertiary/aromatic N) is 2. The summed E-state index contributed by atoms with van der Waals surface area (Å²) in [5, 5.41) is 4.62. The van der Waals surface area contributed by atoms with E-state index < -0.39 is 0 Å². The maximum atomic E-state index is 4.76. The van der Waals surface area contributed by atoms with Gasteiger partial charge in [0.1, 0.15) is 0 Å². The minimum absolute atomic E-state index is 0.831. The van der Waals surface area contributed by atoms with E-state index in [1.54, 1.807) is 0 Å². The Morgan fingerprint density at radius 3 is 2.65 bits per heavy atom. The molecule has 2 aromatic rings. The van der Waals surface area contributed by atoms with Crippen molar-refractivity contribution in [3.8, 4) is 0 Å². The lowest BCUT2D eigenvalue weighted by Gasteiger charge is -2.24. The van der Waals surface area contributed by atoms with E-state index in [2.05, 4.69) is 61.3 Å². The molecule has 1 aromatic carbocycles. The second-order valence-electron chi connectivity index (χ2n) is 5.01. The second kappa shape index (κ2) is 7.25. The van der Waals surface area contributed by atoms with Gasteiger partial charge in [0.25, 0.3) is 0 Å². The summed E-state index contributed by atoms with van der Waals surface area (Å²) >= 11 is 0. The van der Waals surface area contributed by atoms with Crippen LogP contribution in [0.15, 0.2) is 30.3 Å². The molecule has 3 nitrogen and oxygen atoms in total. The molecule has 20 heavy (non-hydrogen) atoms. The van der Waals surface area contributed by atoms with Gasteiger partial charge in [0, 0.05) is 30.7 Å². The molecule has 0 radical (unpaired) electrons. The molecule has 1 heterocycles. The molecular formula is C17H25N3. The predicted molar refractivity (Wildman–Crippen MR) is 87.3 cm³/mol. The lowest BCUT2D eigenvalue weighted by atomic mass is 10.1. The second-order valence-corrected chi connectivity index (χ2v) is 5.01. The predicted octanol–water partition coefficient (Wildman–Crippen LogP) is 3.58. The van der Waals surface area contributed by atoms with Crippen LogP contribution in [0.2, 0.25) is 0 Å². The first-order valence-corrected chi connectivity index (χ1v) is 7.64. The SMILES string of the molecule is CCCN(CC)c1cc(CNCC)nc2ccccc12. The molecule has 3 heteroatoms. The summed E-state index contributed by atoms with van der Waals surface area (Å²) in [7, 11) is 0. The molecule has 0 atom stereocenters. The van der Waals surface area contributed by atoms with Gasteiger partial charge >= 0.3 is 0 Å². The number of pyridine rings is 1. The van der Waals surface area contributed by atoms with Gasteiger partial charge in [-0.05, 0) is 32.0 Å². The van der Waals surface area contributed by atoms with Crippen molar-refractivity contribution in [2.24, 2.45) is 0 Å². The molecule has 0 unspecified atom stereocenters. The average Bonchev–Trinajstić information content (AvgIpc) is 2.50. The highest BCUT2D eigenvalue weighted by Gasteiger charge is 2.10. The van der Waals surface area contributed by atoms with Gasteiger partial charge in [-0.25, -0.2) is 0 Å². The van der Waals surface area contributed by atoms with E-state index in [1.165, 1.54) is 11.1 Å². The number of hydrogen-bond acceptors (Lipinski definition) is 3. The zero-order valence-corrected chi connectivity index (χ0v) is 12.8. The van der Waals surface area contributed by atoms with Crippen molar-refractivity contribution in [2.45, 2.75) is 33.7 Å². The molecule has 0 saturated heterocycles. The third-order valence-electron chi connectivity index (χ3n) is 3.52. The average molecular weight is 271 g/mol. The van der Waals surface area contributed by atoms with Crippen LogP contribution in [0.3, 0.4) is 0 Å². The van der Waals surface area contributed by atoms with Crippen LogP contribution in [0, 0.1) is 0 Å².